The molecule has 1 fully saturated rings. The summed E-state index contributed by atoms with van der Waals surface area (Å²) in [5, 5.41) is 2.80. The number of rotatable bonds is 7. The molecule has 1 saturated carbocycles. The second-order valence-electron chi connectivity index (χ2n) is 7.30. The molecule has 0 heterocycles. The third kappa shape index (κ3) is 5.08. The summed E-state index contributed by atoms with van der Waals surface area (Å²) < 4.78 is 23.5. The van der Waals surface area contributed by atoms with Gasteiger partial charge in [-0.15, -0.1) is 0 Å². The number of hydrogen-bond acceptors (Lipinski definition) is 3. The van der Waals surface area contributed by atoms with Gasteiger partial charge >= 0.3 is 0 Å². The van der Waals surface area contributed by atoms with Crippen LogP contribution in [0, 0.1) is 17.3 Å². The second kappa shape index (κ2) is 6.46. The number of carbonyl (C=O) groups excluding carboxylic acids is 1. The Morgan fingerprint density at radius 2 is 1.80 bits per heavy atom. The minimum absolute atomic E-state index is 0.0383. The Morgan fingerprint density at radius 3 is 2.20 bits per heavy atom. The molecule has 0 bridgehead atoms. The number of amides is 1. The van der Waals surface area contributed by atoms with Crippen LogP contribution >= 0.6 is 0 Å². The lowest BCUT2D eigenvalue weighted by Crippen LogP contribution is -2.41. The maximum Gasteiger partial charge on any atom is 0.223 e. The van der Waals surface area contributed by atoms with Gasteiger partial charge in [-0.1, -0.05) is 34.6 Å². The lowest BCUT2D eigenvalue weighted by molar-refractivity contribution is -0.130. The van der Waals surface area contributed by atoms with E-state index in [-0.39, 0.29) is 34.2 Å². The van der Waals surface area contributed by atoms with Crippen LogP contribution in [0.3, 0.4) is 0 Å². The van der Waals surface area contributed by atoms with E-state index in [0.29, 0.717) is 13.0 Å². The summed E-state index contributed by atoms with van der Waals surface area (Å²) in [6.07, 6.45) is 2.14. The number of carbonyl (C=O) groups is 1. The smallest absolute Gasteiger partial charge is 0.223 e. The van der Waals surface area contributed by atoms with Crippen molar-refractivity contribution in [2.24, 2.45) is 17.3 Å². The van der Waals surface area contributed by atoms with E-state index in [0.717, 1.165) is 12.8 Å². The van der Waals surface area contributed by atoms with Crippen molar-refractivity contribution in [3.63, 3.8) is 0 Å². The van der Waals surface area contributed by atoms with E-state index >= 15 is 0 Å². The maximum atomic E-state index is 12.2. The molecular weight excluding hydrogens is 274 g/mol. The van der Waals surface area contributed by atoms with Gasteiger partial charge in [0.1, 0.15) is 0 Å². The molecule has 5 heteroatoms. The quantitative estimate of drug-likeness (QED) is 0.735. The topological polar surface area (TPSA) is 63.2 Å². The van der Waals surface area contributed by atoms with Crippen molar-refractivity contribution >= 4 is 15.7 Å². The lowest BCUT2D eigenvalue weighted by atomic mass is 9.74. The van der Waals surface area contributed by atoms with Crippen LogP contribution in [0.1, 0.15) is 53.9 Å². The van der Waals surface area contributed by atoms with Gasteiger partial charge in [0, 0.05) is 12.5 Å². The molecule has 0 saturated heterocycles. The summed E-state index contributed by atoms with van der Waals surface area (Å²) >= 11 is 0. The van der Waals surface area contributed by atoms with Gasteiger partial charge in [-0.3, -0.25) is 4.79 Å². The Hall–Kier alpha value is -0.580. The third-order valence-corrected chi connectivity index (χ3v) is 6.16. The van der Waals surface area contributed by atoms with Crippen LogP contribution in [-0.4, -0.2) is 31.9 Å². The van der Waals surface area contributed by atoms with Crippen molar-refractivity contribution in [2.45, 2.75) is 59.1 Å². The average molecular weight is 303 g/mol. The monoisotopic (exact) mass is 303 g/mol. The van der Waals surface area contributed by atoms with Crippen molar-refractivity contribution in [2.75, 3.05) is 12.3 Å². The van der Waals surface area contributed by atoms with Gasteiger partial charge in [0.2, 0.25) is 5.91 Å². The third-order valence-electron chi connectivity index (χ3n) is 3.82. The molecule has 1 aliphatic rings. The molecule has 1 atom stereocenters. The Kier molecular flexibility index (Phi) is 5.64. The molecule has 0 radical (unpaired) electrons. The minimum Gasteiger partial charge on any atom is -0.356 e. The van der Waals surface area contributed by atoms with Crippen LogP contribution in [0.15, 0.2) is 0 Å². The largest absolute Gasteiger partial charge is 0.356 e. The second-order valence-corrected chi connectivity index (χ2v) is 9.70. The maximum absolute atomic E-state index is 12.2. The van der Waals surface area contributed by atoms with E-state index in [2.05, 4.69) is 26.1 Å². The Labute approximate surface area is 123 Å². The van der Waals surface area contributed by atoms with E-state index < -0.39 is 9.84 Å². The van der Waals surface area contributed by atoms with Crippen LogP contribution in [0.25, 0.3) is 0 Å². The normalized spacial score (nSPS) is 18.1. The molecule has 4 nitrogen and oxygen atoms in total. The van der Waals surface area contributed by atoms with Crippen LogP contribution in [0.2, 0.25) is 0 Å². The summed E-state index contributed by atoms with van der Waals surface area (Å²) in [6, 6.07) is 0. The minimum atomic E-state index is -2.90. The van der Waals surface area contributed by atoms with E-state index in [9.17, 15) is 13.2 Å². The average Bonchev–Trinajstić information content (AvgIpc) is 3.05. The van der Waals surface area contributed by atoms with Gasteiger partial charge in [0.05, 0.1) is 11.0 Å². The summed E-state index contributed by atoms with van der Waals surface area (Å²) in [7, 11) is -2.90. The zero-order valence-corrected chi connectivity index (χ0v) is 14.2. The van der Waals surface area contributed by atoms with Crippen molar-refractivity contribution < 1.29 is 13.2 Å². The van der Waals surface area contributed by atoms with Gasteiger partial charge in [0.25, 0.3) is 0 Å². The highest BCUT2D eigenvalue weighted by atomic mass is 32.2. The Morgan fingerprint density at radius 1 is 1.25 bits per heavy atom. The Bertz CT molecular complexity index is 431. The van der Waals surface area contributed by atoms with Gasteiger partial charge in [-0.2, -0.15) is 0 Å². The highest BCUT2D eigenvalue weighted by Gasteiger charge is 2.35. The first kappa shape index (κ1) is 17.5. The van der Waals surface area contributed by atoms with E-state index in [1.54, 1.807) is 0 Å². The fourth-order valence-corrected chi connectivity index (χ4v) is 4.62. The summed E-state index contributed by atoms with van der Waals surface area (Å²) in [5.41, 5.74) is -0.0850. The molecule has 0 aromatic rings. The van der Waals surface area contributed by atoms with Crippen molar-refractivity contribution in [1.82, 2.24) is 5.32 Å². The van der Waals surface area contributed by atoms with Gasteiger partial charge < -0.3 is 5.32 Å². The first-order valence-corrected chi connectivity index (χ1v) is 9.26. The molecule has 0 spiro atoms. The molecule has 1 rings (SSSR count). The highest BCUT2D eigenvalue weighted by molar-refractivity contribution is 7.92. The van der Waals surface area contributed by atoms with E-state index in [1.807, 2.05) is 13.8 Å². The van der Waals surface area contributed by atoms with Crippen LogP contribution in [-0.2, 0) is 14.6 Å². The highest BCUT2D eigenvalue weighted by Crippen LogP contribution is 2.32. The fourth-order valence-electron chi connectivity index (χ4n) is 2.88. The first-order chi connectivity index (χ1) is 9.05. The molecule has 0 aromatic carbocycles. The molecule has 0 aromatic heterocycles. The van der Waals surface area contributed by atoms with E-state index in [4.69, 9.17) is 0 Å². The molecular formula is C15H29NO3S. The zero-order chi connectivity index (χ0) is 15.6. The zero-order valence-electron chi connectivity index (χ0n) is 13.4. The lowest BCUT2D eigenvalue weighted by Gasteiger charge is -2.32. The molecule has 0 aliphatic heterocycles. The molecule has 1 unspecified atom stereocenters. The number of hydrogen-bond donors (Lipinski definition) is 1. The molecule has 1 aliphatic carbocycles. The molecule has 1 N–H and O–H groups in total. The van der Waals surface area contributed by atoms with Crippen LogP contribution < -0.4 is 5.32 Å². The predicted octanol–water partition coefficient (Wildman–Crippen LogP) is 2.39. The van der Waals surface area contributed by atoms with Gasteiger partial charge in [0.15, 0.2) is 9.84 Å². The van der Waals surface area contributed by atoms with Crippen LogP contribution in [0.4, 0.5) is 0 Å². The first-order valence-electron chi connectivity index (χ1n) is 7.55. The molecule has 20 heavy (non-hydrogen) atoms. The van der Waals surface area contributed by atoms with Crippen LogP contribution in [0.5, 0.6) is 0 Å². The summed E-state index contributed by atoms with van der Waals surface area (Å²) in [5.74, 6) is 0.448. The molecule has 1 amide bonds. The van der Waals surface area contributed by atoms with Gasteiger partial charge in [-0.25, -0.2) is 8.42 Å². The summed E-state index contributed by atoms with van der Waals surface area (Å²) in [6.45, 7) is 10.7. The number of sulfone groups is 1. The SMILES string of the molecule is CC(C)C(C(=O)NCCCS(=O)(=O)C1CC1)C(C)(C)C. The Balaban J connectivity index is 2.38. The van der Waals surface area contributed by atoms with Crippen molar-refractivity contribution in [1.29, 1.82) is 0 Å². The van der Waals surface area contributed by atoms with Crippen molar-refractivity contribution in [3.8, 4) is 0 Å². The fraction of sp³-hybridized carbons (Fsp3) is 0.933. The standard InChI is InChI=1S/C15H29NO3S/c1-11(2)13(15(3,4)5)14(17)16-9-6-10-20(18,19)12-7-8-12/h11-13H,6-10H2,1-5H3,(H,16,17). The predicted molar refractivity (Wildman–Crippen MR) is 82.2 cm³/mol. The van der Waals surface area contributed by atoms with E-state index in [1.165, 1.54) is 0 Å². The summed E-state index contributed by atoms with van der Waals surface area (Å²) in [4.78, 5) is 12.2. The molecule has 118 valence electrons. The van der Waals surface area contributed by atoms with Crippen molar-refractivity contribution in [3.05, 3.63) is 0 Å². The van der Waals surface area contributed by atoms with Gasteiger partial charge in [-0.05, 0) is 30.6 Å². The number of nitrogens with one attached hydrogen (secondary N) is 1.